The number of carbonyl (C=O) groups excluding carboxylic acids is 1. The highest BCUT2D eigenvalue weighted by atomic mass is 16.5. The van der Waals surface area contributed by atoms with E-state index in [0.717, 1.165) is 36.3 Å². The summed E-state index contributed by atoms with van der Waals surface area (Å²) in [5.41, 5.74) is 2.86. The van der Waals surface area contributed by atoms with Gasteiger partial charge in [0.25, 0.3) is 0 Å². The van der Waals surface area contributed by atoms with Crippen LogP contribution in [0.25, 0.3) is 11.5 Å². The fourth-order valence-corrected chi connectivity index (χ4v) is 4.07. The van der Waals surface area contributed by atoms with E-state index in [-0.39, 0.29) is 23.8 Å². The van der Waals surface area contributed by atoms with Crippen molar-refractivity contribution in [1.29, 1.82) is 0 Å². The molecule has 0 spiro atoms. The zero-order chi connectivity index (χ0) is 23.3. The van der Waals surface area contributed by atoms with Crippen molar-refractivity contribution in [3.8, 4) is 11.5 Å². The molecule has 1 heterocycles. The van der Waals surface area contributed by atoms with Crippen molar-refractivity contribution in [2.75, 3.05) is 0 Å². The van der Waals surface area contributed by atoms with E-state index in [2.05, 4.69) is 10.3 Å². The lowest BCUT2D eigenvalue weighted by atomic mass is 9.86. The van der Waals surface area contributed by atoms with Crippen molar-refractivity contribution in [1.82, 2.24) is 10.3 Å². The van der Waals surface area contributed by atoms with Gasteiger partial charge in [-0.3, -0.25) is 4.79 Å². The minimum absolute atomic E-state index is 0.0645. The molecule has 0 aliphatic heterocycles. The van der Waals surface area contributed by atoms with Gasteiger partial charge in [0.15, 0.2) is 0 Å². The van der Waals surface area contributed by atoms with Crippen LogP contribution in [0.1, 0.15) is 63.0 Å². The van der Waals surface area contributed by atoms with Gasteiger partial charge in [0, 0.05) is 11.5 Å². The Labute approximate surface area is 189 Å². The maximum Gasteiger partial charge on any atom is 0.326 e. The van der Waals surface area contributed by atoms with Crippen molar-refractivity contribution in [2.45, 2.75) is 78.6 Å². The minimum Gasteiger partial charge on any atom is -0.480 e. The molecule has 1 aromatic heterocycles. The van der Waals surface area contributed by atoms with Crippen LogP contribution in [0.4, 0.5) is 0 Å². The summed E-state index contributed by atoms with van der Waals surface area (Å²) in [5.74, 6) is -0.228. The monoisotopic (exact) mass is 442 g/mol. The number of rotatable bonds is 9. The van der Waals surface area contributed by atoms with Crippen molar-refractivity contribution >= 4 is 11.9 Å². The number of carboxylic acid groups (broad SMARTS) is 1. The number of carbonyl (C=O) groups is 2. The molecule has 1 fully saturated rings. The van der Waals surface area contributed by atoms with Crippen molar-refractivity contribution in [2.24, 2.45) is 11.8 Å². The zero-order valence-electron chi connectivity index (χ0n) is 19.4. The molecular formula is C25H34N2O5. The number of hydrogen-bond acceptors (Lipinski definition) is 5. The topological polar surface area (TPSA) is 102 Å². The molecule has 2 unspecified atom stereocenters. The van der Waals surface area contributed by atoms with Gasteiger partial charge >= 0.3 is 5.97 Å². The van der Waals surface area contributed by atoms with Gasteiger partial charge in [0.1, 0.15) is 17.5 Å². The first-order chi connectivity index (χ1) is 15.3. The Morgan fingerprint density at radius 1 is 1.25 bits per heavy atom. The van der Waals surface area contributed by atoms with Crippen LogP contribution in [0.5, 0.6) is 0 Å². The second kappa shape index (κ2) is 10.8. The Bertz CT molecular complexity index is 921. The Kier molecular flexibility index (Phi) is 8.07. The van der Waals surface area contributed by atoms with Crippen LogP contribution in [-0.4, -0.2) is 34.1 Å². The highest BCUT2D eigenvalue weighted by Crippen LogP contribution is 2.29. The summed E-state index contributed by atoms with van der Waals surface area (Å²) in [6.07, 6.45) is 3.70. The number of aliphatic carboxylic acids is 1. The summed E-state index contributed by atoms with van der Waals surface area (Å²) in [6.45, 7) is 8.00. The van der Waals surface area contributed by atoms with Crippen molar-refractivity contribution in [3.05, 3.63) is 41.3 Å². The number of hydrogen-bond donors (Lipinski definition) is 2. The summed E-state index contributed by atoms with van der Waals surface area (Å²) in [4.78, 5) is 28.9. The fourth-order valence-electron chi connectivity index (χ4n) is 4.07. The Balaban J connectivity index is 1.57. The lowest BCUT2D eigenvalue weighted by molar-refractivity contribution is -0.144. The summed E-state index contributed by atoms with van der Waals surface area (Å²) in [5, 5.41) is 12.2. The number of aromatic nitrogens is 1. The maximum absolute atomic E-state index is 12.7. The van der Waals surface area contributed by atoms with Crippen LogP contribution < -0.4 is 5.32 Å². The van der Waals surface area contributed by atoms with Crippen LogP contribution in [0.15, 0.2) is 28.7 Å². The number of nitrogens with zero attached hydrogens (tertiary/aromatic N) is 1. The summed E-state index contributed by atoms with van der Waals surface area (Å²) < 4.78 is 11.9. The molecule has 1 aliphatic carbocycles. The molecular weight excluding hydrogens is 408 g/mol. The molecule has 32 heavy (non-hydrogen) atoms. The molecule has 174 valence electrons. The third-order valence-corrected chi connectivity index (χ3v) is 6.42. The molecule has 0 radical (unpaired) electrons. The highest BCUT2D eigenvalue weighted by molar-refractivity contribution is 5.85. The summed E-state index contributed by atoms with van der Waals surface area (Å²) in [7, 11) is 0. The SMILES string of the molecule is CCC(C)C(NC(=O)[C@@H]1CCC[C@H](OCc2nc(-c3ccc(C)cc3)oc2C)C1)C(=O)O. The fraction of sp³-hybridized carbons (Fsp3) is 0.560. The van der Waals surface area contributed by atoms with Crippen molar-refractivity contribution < 1.29 is 23.8 Å². The average Bonchev–Trinajstić information content (AvgIpc) is 3.16. The minimum atomic E-state index is -0.984. The van der Waals surface area contributed by atoms with Gasteiger partial charge in [0.05, 0.1) is 12.7 Å². The van der Waals surface area contributed by atoms with E-state index in [0.29, 0.717) is 25.3 Å². The quantitative estimate of drug-likeness (QED) is 0.586. The predicted octanol–water partition coefficient (Wildman–Crippen LogP) is 4.65. The molecule has 1 aliphatic rings. The summed E-state index contributed by atoms with van der Waals surface area (Å²) >= 11 is 0. The number of benzene rings is 1. The van der Waals surface area contributed by atoms with E-state index in [9.17, 15) is 14.7 Å². The van der Waals surface area contributed by atoms with E-state index in [1.165, 1.54) is 5.56 Å². The molecule has 0 saturated heterocycles. The highest BCUT2D eigenvalue weighted by Gasteiger charge is 2.32. The molecule has 3 rings (SSSR count). The van der Waals surface area contributed by atoms with E-state index in [1.807, 2.05) is 52.0 Å². The van der Waals surface area contributed by atoms with Gasteiger partial charge in [-0.05, 0) is 51.2 Å². The van der Waals surface area contributed by atoms with Gasteiger partial charge < -0.3 is 19.6 Å². The van der Waals surface area contributed by atoms with Crippen LogP contribution in [0.2, 0.25) is 0 Å². The van der Waals surface area contributed by atoms with Crippen LogP contribution in [0.3, 0.4) is 0 Å². The molecule has 4 atom stereocenters. The van der Waals surface area contributed by atoms with Gasteiger partial charge in [0.2, 0.25) is 11.8 Å². The second-order valence-corrected chi connectivity index (χ2v) is 8.89. The second-order valence-electron chi connectivity index (χ2n) is 8.89. The number of oxazole rings is 1. The number of ether oxygens (including phenoxy) is 1. The average molecular weight is 443 g/mol. The van der Waals surface area contributed by atoms with E-state index in [1.54, 1.807) is 0 Å². The third-order valence-electron chi connectivity index (χ3n) is 6.42. The van der Waals surface area contributed by atoms with Gasteiger partial charge in [-0.1, -0.05) is 44.4 Å². The van der Waals surface area contributed by atoms with E-state index >= 15 is 0 Å². The van der Waals surface area contributed by atoms with E-state index in [4.69, 9.17) is 9.15 Å². The van der Waals surface area contributed by atoms with Crippen LogP contribution >= 0.6 is 0 Å². The molecule has 1 aromatic carbocycles. The number of carboxylic acids is 1. The number of amides is 1. The van der Waals surface area contributed by atoms with Crippen LogP contribution in [0, 0.1) is 25.7 Å². The smallest absolute Gasteiger partial charge is 0.326 e. The standard InChI is InChI=1S/C25H34N2O5/c1-5-16(3)22(25(29)30)27-23(28)19-7-6-8-20(13-19)31-14-21-17(4)32-24(26-21)18-11-9-15(2)10-12-18/h9-12,16,19-20,22H,5-8,13-14H2,1-4H3,(H,27,28)(H,29,30)/t16?,19-,20+,22?/m1/s1. The Morgan fingerprint density at radius 3 is 2.62 bits per heavy atom. The third kappa shape index (κ3) is 5.97. The Hall–Kier alpha value is -2.67. The largest absolute Gasteiger partial charge is 0.480 e. The molecule has 1 saturated carbocycles. The van der Waals surface area contributed by atoms with Gasteiger partial charge in [-0.15, -0.1) is 0 Å². The number of nitrogens with one attached hydrogen (secondary N) is 1. The lowest BCUT2D eigenvalue weighted by Crippen LogP contribution is -2.48. The van der Waals surface area contributed by atoms with Gasteiger partial charge in [-0.25, -0.2) is 9.78 Å². The first kappa shape index (κ1) is 24.0. The lowest BCUT2D eigenvalue weighted by Gasteiger charge is -2.30. The molecule has 2 N–H and O–H groups in total. The van der Waals surface area contributed by atoms with Crippen molar-refractivity contribution in [3.63, 3.8) is 0 Å². The predicted molar refractivity (Wildman–Crippen MR) is 121 cm³/mol. The maximum atomic E-state index is 12.7. The normalized spacial score (nSPS) is 20.5. The Morgan fingerprint density at radius 2 is 1.97 bits per heavy atom. The zero-order valence-corrected chi connectivity index (χ0v) is 19.4. The molecule has 7 nitrogen and oxygen atoms in total. The first-order valence-corrected chi connectivity index (χ1v) is 11.5. The van der Waals surface area contributed by atoms with E-state index < -0.39 is 12.0 Å². The first-order valence-electron chi connectivity index (χ1n) is 11.5. The van der Waals surface area contributed by atoms with Gasteiger partial charge in [-0.2, -0.15) is 0 Å². The molecule has 2 aromatic rings. The number of aryl methyl sites for hydroxylation is 2. The summed E-state index contributed by atoms with van der Waals surface area (Å²) in [6, 6.07) is 7.16. The molecule has 1 amide bonds. The van der Waals surface area contributed by atoms with Crippen LogP contribution in [-0.2, 0) is 20.9 Å². The molecule has 7 heteroatoms. The molecule has 0 bridgehead atoms.